The molecule has 0 amide bonds. The maximum atomic E-state index is 4.50. The lowest BCUT2D eigenvalue weighted by molar-refractivity contribution is 0.276. The van der Waals surface area contributed by atoms with Gasteiger partial charge in [0.1, 0.15) is 0 Å². The zero-order chi connectivity index (χ0) is 12.5. The van der Waals surface area contributed by atoms with Crippen molar-refractivity contribution in [2.45, 2.75) is 39.2 Å². The summed E-state index contributed by atoms with van der Waals surface area (Å²) in [6.07, 6.45) is 5.75. The van der Waals surface area contributed by atoms with Gasteiger partial charge in [-0.15, -0.1) is 5.10 Å². The Labute approximate surface area is 107 Å². The zero-order valence-corrected chi connectivity index (χ0v) is 11.0. The zero-order valence-electron chi connectivity index (χ0n) is 11.0. The van der Waals surface area contributed by atoms with Gasteiger partial charge in [-0.1, -0.05) is 19.9 Å². The summed E-state index contributed by atoms with van der Waals surface area (Å²) in [5.74, 6) is 2.31. The quantitative estimate of drug-likeness (QED) is 0.883. The van der Waals surface area contributed by atoms with Gasteiger partial charge < -0.3 is 5.32 Å². The van der Waals surface area contributed by atoms with Crippen molar-refractivity contribution in [2.75, 3.05) is 5.32 Å². The highest BCUT2D eigenvalue weighted by molar-refractivity contribution is 5.43. The average Bonchev–Trinajstić information content (AvgIpc) is 2.75. The molecule has 2 aromatic heterocycles. The Hall–Kier alpha value is -1.58. The van der Waals surface area contributed by atoms with Crippen molar-refractivity contribution in [1.29, 1.82) is 0 Å². The van der Waals surface area contributed by atoms with E-state index in [1.807, 2.05) is 28.9 Å². The Bertz CT molecular complexity index is 500. The molecule has 0 aromatic carbocycles. The number of hydrogen-bond donors (Lipinski definition) is 1. The summed E-state index contributed by atoms with van der Waals surface area (Å²) >= 11 is 0. The summed E-state index contributed by atoms with van der Waals surface area (Å²) in [6, 6.07) is 6.44. The van der Waals surface area contributed by atoms with Crippen molar-refractivity contribution in [3.63, 3.8) is 0 Å². The lowest BCUT2D eigenvalue weighted by atomic mass is 9.80. The van der Waals surface area contributed by atoms with Gasteiger partial charge in [0.25, 0.3) is 0 Å². The van der Waals surface area contributed by atoms with Gasteiger partial charge in [0, 0.05) is 12.2 Å². The molecule has 0 radical (unpaired) electrons. The highest BCUT2D eigenvalue weighted by Crippen LogP contribution is 2.30. The molecule has 0 aliphatic heterocycles. The Morgan fingerprint density at radius 2 is 2.17 bits per heavy atom. The molecule has 0 saturated heterocycles. The van der Waals surface area contributed by atoms with Crippen LogP contribution in [0, 0.1) is 11.8 Å². The molecule has 2 heterocycles. The second-order valence-electron chi connectivity index (χ2n) is 5.59. The van der Waals surface area contributed by atoms with E-state index in [4.69, 9.17) is 0 Å². The first-order valence-corrected chi connectivity index (χ1v) is 6.80. The van der Waals surface area contributed by atoms with Crippen LogP contribution in [-0.2, 0) is 0 Å². The van der Waals surface area contributed by atoms with E-state index in [0.29, 0.717) is 12.0 Å². The molecule has 1 N–H and O–H groups in total. The fourth-order valence-corrected chi connectivity index (χ4v) is 2.94. The van der Waals surface area contributed by atoms with Crippen LogP contribution < -0.4 is 5.32 Å². The van der Waals surface area contributed by atoms with Crippen molar-refractivity contribution >= 4 is 11.6 Å². The van der Waals surface area contributed by atoms with Gasteiger partial charge in [-0.3, -0.25) is 0 Å². The first-order chi connectivity index (χ1) is 8.72. The van der Waals surface area contributed by atoms with E-state index in [1.54, 1.807) is 0 Å². The molecule has 1 aliphatic rings. The van der Waals surface area contributed by atoms with Crippen LogP contribution in [0.25, 0.3) is 5.65 Å². The van der Waals surface area contributed by atoms with Crippen LogP contribution in [0.5, 0.6) is 0 Å². The fraction of sp³-hybridized carbons (Fsp3) is 0.571. The molecule has 4 heteroatoms. The van der Waals surface area contributed by atoms with E-state index in [-0.39, 0.29) is 0 Å². The number of fused-ring (bicyclic) bond motifs is 1. The van der Waals surface area contributed by atoms with Crippen LogP contribution in [0.3, 0.4) is 0 Å². The van der Waals surface area contributed by atoms with Crippen LogP contribution in [0.4, 0.5) is 5.95 Å². The average molecular weight is 244 g/mol. The number of aromatic nitrogens is 3. The third-order valence-corrected chi connectivity index (χ3v) is 3.99. The van der Waals surface area contributed by atoms with E-state index in [2.05, 4.69) is 29.2 Å². The number of rotatable bonds is 2. The van der Waals surface area contributed by atoms with Gasteiger partial charge in [-0.2, -0.15) is 4.98 Å². The Morgan fingerprint density at radius 3 is 2.94 bits per heavy atom. The molecule has 4 nitrogen and oxygen atoms in total. The number of hydrogen-bond acceptors (Lipinski definition) is 3. The molecule has 3 unspecified atom stereocenters. The van der Waals surface area contributed by atoms with Crippen molar-refractivity contribution in [3.05, 3.63) is 24.4 Å². The maximum Gasteiger partial charge on any atom is 0.243 e. The molecule has 1 fully saturated rings. The summed E-state index contributed by atoms with van der Waals surface area (Å²) in [7, 11) is 0. The van der Waals surface area contributed by atoms with Gasteiger partial charge in [0.2, 0.25) is 5.95 Å². The summed E-state index contributed by atoms with van der Waals surface area (Å²) in [4.78, 5) is 4.50. The van der Waals surface area contributed by atoms with E-state index < -0.39 is 0 Å². The first kappa shape index (κ1) is 11.5. The summed E-state index contributed by atoms with van der Waals surface area (Å²) in [5.41, 5.74) is 0.900. The van der Waals surface area contributed by atoms with Gasteiger partial charge in [-0.25, -0.2) is 4.52 Å². The van der Waals surface area contributed by atoms with Crippen molar-refractivity contribution < 1.29 is 0 Å². The van der Waals surface area contributed by atoms with Crippen molar-refractivity contribution in [3.8, 4) is 0 Å². The third-order valence-electron chi connectivity index (χ3n) is 3.99. The number of pyridine rings is 1. The minimum atomic E-state index is 0.513. The molecule has 1 aliphatic carbocycles. The molecule has 1 saturated carbocycles. The number of anilines is 1. The highest BCUT2D eigenvalue weighted by atomic mass is 15.3. The van der Waals surface area contributed by atoms with Gasteiger partial charge in [0.15, 0.2) is 5.65 Å². The molecule has 3 rings (SSSR count). The van der Waals surface area contributed by atoms with E-state index in [1.165, 1.54) is 19.3 Å². The molecule has 3 atom stereocenters. The van der Waals surface area contributed by atoms with Crippen LogP contribution in [-0.4, -0.2) is 20.6 Å². The molecule has 2 aromatic rings. The highest BCUT2D eigenvalue weighted by Gasteiger charge is 2.25. The van der Waals surface area contributed by atoms with Crippen LogP contribution >= 0.6 is 0 Å². The standard InChI is InChI=1S/C14H20N4/c1-10-6-7-12(11(2)9-10)15-14-16-13-5-3-4-8-18(13)17-14/h3-5,8,10-12H,6-7,9H2,1-2H3,(H,15,17). The van der Waals surface area contributed by atoms with Gasteiger partial charge in [0.05, 0.1) is 0 Å². The van der Waals surface area contributed by atoms with E-state index in [9.17, 15) is 0 Å². The molecule has 96 valence electrons. The monoisotopic (exact) mass is 244 g/mol. The molecule has 0 spiro atoms. The minimum absolute atomic E-state index is 0.513. The van der Waals surface area contributed by atoms with Crippen LogP contribution in [0.15, 0.2) is 24.4 Å². The largest absolute Gasteiger partial charge is 0.350 e. The maximum absolute atomic E-state index is 4.50. The van der Waals surface area contributed by atoms with Crippen LogP contribution in [0.2, 0.25) is 0 Å². The number of nitrogens with zero attached hydrogens (tertiary/aromatic N) is 3. The molecule has 0 bridgehead atoms. The van der Waals surface area contributed by atoms with Crippen molar-refractivity contribution in [2.24, 2.45) is 11.8 Å². The van der Waals surface area contributed by atoms with E-state index in [0.717, 1.165) is 17.5 Å². The predicted molar refractivity (Wildman–Crippen MR) is 72.6 cm³/mol. The predicted octanol–water partition coefficient (Wildman–Crippen LogP) is 2.97. The second-order valence-corrected chi connectivity index (χ2v) is 5.59. The lowest BCUT2D eigenvalue weighted by Gasteiger charge is -2.32. The Morgan fingerprint density at radius 1 is 1.28 bits per heavy atom. The third kappa shape index (κ3) is 2.19. The van der Waals surface area contributed by atoms with E-state index >= 15 is 0 Å². The summed E-state index contributed by atoms with van der Waals surface area (Å²) < 4.78 is 1.82. The van der Waals surface area contributed by atoms with Gasteiger partial charge in [-0.05, 0) is 43.2 Å². The SMILES string of the molecule is CC1CCC(Nc2nc3ccccn3n2)C(C)C1. The topological polar surface area (TPSA) is 42.2 Å². The second kappa shape index (κ2) is 4.59. The molecular formula is C14H20N4. The summed E-state index contributed by atoms with van der Waals surface area (Å²) in [5, 5.41) is 7.95. The van der Waals surface area contributed by atoms with Crippen LogP contribution in [0.1, 0.15) is 33.1 Å². The van der Waals surface area contributed by atoms with Gasteiger partial charge >= 0.3 is 0 Å². The summed E-state index contributed by atoms with van der Waals surface area (Å²) in [6.45, 7) is 4.67. The fourth-order valence-electron chi connectivity index (χ4n) is 2.94. The van der Waals surface area contributed by atoms with Crippen molar-refractivity contribution in [1.82, 2.24) is 14.6 Å². The normalized spacial score (nSPS) is 28.4. The molecule has 18 heavy (non-hydrogen) atoms. The first-order valence-electron chi connectivity index (χ1n) is 6.80. The molecular weight excluding hydrogens is 224 g/mol. The Balaban J connectivity index is 1.75. The lowest BCUT2D eigenvalue weighted by Crippen LogP contribution is -2.33. The number of nitrogens with one attached hydrogen (secondary N) is 1. The Kier molecular flexibility index (Phi) is 2.94. The smallest absolute Gasteiger partial charge is 0.243 e. The minimum Gasteiger partial charge on any atom is -0.350 e.